The summed E-state index contributed by atoms with van der Waals surface area (Å²) in [7, 11) is 0.0430. The topological polar surface area (TPSA) is 66.5 Å². The molecule has 0 aromatic rings. The second-order valence-corrected chi connectivity index (χ2v) is 6.73. The van der Waals surface area contributed by atoms with E-state index in [1.807, 2.05) is 0 Å². The van der Waals surface area contributed by atoms with Gasteiger partial charge in [-0.3, -0.25) is 0 Å². The van der Waals surface area contributed by atoms with Crippen LogP contribution in [0, 0.1) is 0 Å². The van der Waals surface area contributed by atoms with Gasteiger partial charge in [0.15, 0.2) is 9.84 Å². The largest absolute Gasteiger partial charge is 0.336 e. The van der Waals surface area contributed by atoms with E-state index >= 15 is 0 Å². The van der Waals surface area contributed by atoms with Gasteiger partial charge in [-0.15, -0.1) is 0 Å². The molecule has 0 aliphatic rings. The molecule has 0 spiro atoms. The molecule has 0 rings (SSSR count). The highest BCUT2D eigenvalue weighted by Crippen LogP contribution is 2.13. The van der Waals surface area contributed by atoms with E-state index in [2.05, 4.69) is 5.32 Å². The van der Waals surface area contributed by atoms with Crippen molar-refractivity contribution in [1.82, 2.24) is 10.2 Å². The van der Waals surface area contributed by atoms with E-state index in [1.54, 1.807) is 27.9 Å². The lowest BCUT2D eigenvalue weighted by Gasteiger charge is -2.23. The third-order valence-corrected chi connectivity index (χ3v) is 4.23. The van der Waals surface area contributed by atoms with Gasteiger partial charge in [0.25, 0.3) is 0 Å². The third-order valence-electron chi connectivity index (χ3n) is 2.08. The van der Waals surface area contributed by atoms with E-state index in [-0.39, 0.29) is 12.6 Å². The van der Waals surface area contributed by atoms with Crippen LogP contribution in [0.4, 0.5) is 4.79 Å². The average Bonchev–Trinajstić information content (AvgIpc) is 1.97. The zero-order valence-electron chi connectivity index (χ0n) is 9.29. The predicted octanol–water partition coefficient (Wildman–Crippen LogP) is 0.0808. The molecule has 0 bridgehead atoms. The van der Waals surface area contributed by atoms with Crippen molar-refractivity contribution in [2.75, 3.05) is 26.9 Å². The van der Waals surface area contributed by atoms with E-state index in [0.717, 1.165) is 6.26 Å². The van der Waals surface area contributed by atoms with Crippen LogP contribution >= 0.6 is 0 Å². The lowest BCUT2D eigenvalue weighted by atomic mass is 10.2. The molecular weight excluding hydrogens is 204 g/mol. The zero-order valence-corrected chi connectivity index (χ0v) is 10.1. The minimum Gasteiger partial charge on any atom is -0.336 e. The fourth-order valence-corrected chi connectivity index (χ4v) is 0.912. The van der Waals surface area contributed by atoms with Gasteiger partial charge in [0.2, 0.25) is 0 Å². The first kappa shape index (κ1) is 13.2. The standard InChI is InChI=1S/C8H18N2O3S/c1-8(2,14(5,12)13)6-9-7(11)10(3)4/h6H2,1-5H3,(H,9,11). The molecule has 0 aliphatic carbocycles. The number of hydrogen-bond acceptors (Lipinski definition) is 3. The maximum atomic E-state index is 11.3. The molecule has 0 saturated carbocycles. The highest BCUT2D eigenvalue weighted by Gasteiger charge is 2.30. The number of hydrogen-bond donors (Lipinski definition) is 1. The van der Waals surface area contributed by atoms with Gasteiger partial charge in [-0.05, 0) is 13.8 Å². The van der Waals surface area contributed by atoms with Crippen LogP contribution in [0.2, 0.25) is 0 Å². The predicted molar refractivity (Wildman–Crippen MR) is 56.0 cm³/mol. The number of nitrogens with zero attached hydrogens (tertiary/aromatic N) is 1. The summed E-state index contributed by atoms with van der Waals surface area (Å²) in [5.41, 5.74) is 0. The number of amides is 2. The molecule has 0 aromatic carbocycles. The van der Waals surface area contributed by atoms with Gasteiger partial charge < -0.3 is 10.2 Å². The fraction of sp³-hybridized carbons (Fsp3) is 0.875. The minimum absolute atomic E-state index is 0.114. The maximum absolute atomic E-state index is 11.3. The summed E-state index contributed by atoms with van der Waals surface area (Å²) in [5, 5.41) is 2.54. The van der Waals surface area contributed by atoms with Crippen molar-refractivity contribution in [3.05, 3.63) is 0 Å². The molecule has 0 radical (unpaired) electrons. The third kappa shape index (κ3) is 3.53. The van der Waals surface area contributed by atoms with Gasteiger partial charge in [0.1, 0.15) is 0 Å². The summed E-state index contributed by atoms with van der Waals surface area (Å²) in [4.78, 5) is 12.5. The molecule has 0 fully saturated rings. The van der Waals surface area contributed by atoms with Gasteiger partial charge >= 0.3 is 6.03 Å². The SMILES string of the molecule is CN(C)C(=O)NCC(C)(C)S(C)(=O)=O. The summed E-state index contributed by atoms with van der Waals surface area (Å²) < 4.78 is 21.6. The number of urea groups is 1. The Kier molecular flexibility index (Phi) is 3.93. The maximum Gasteiger partial charge on any atom is 0.316 e. The molecule has 0 heterocycles. The van der Waals surface area contributed by atoms with Crippen LogP contribution in [0.1, 0.15) is 13.8 Å². The first-order valence-corrected chi connectivity index (χ1v) is 6.12. The first-order valence-electron chi connectivity index (χ1n) is 4.22. The highest BCUT2D eigenvalue weighted by molar-refractivity contribution is 7.92. The van der Waals surface area contributed by atoms with Crippen LogP contribution in [0.5, 0.6) is 0 Å². The van der Waals surface area contributed by atoms with Gasteiger partial charge in [-0.1, -0.05) is 0 Å². The van der Waals surface area contributed by atoms with Gasteiger partial charge in [0.05, 0.1) is 4.75 Å². The Morgan fingerprint density at radius 2 is 1.79 bits per heavy atom. The van der Waals surface area contributed by atoms with Crippen molar-refractivity contribution in [2.24, 2.45) is 0 Å². The number of carbonyl (C=O) groups excluding carboxylic acids is 1. The van der Waals surface area contributed by atoms with Crippen molar-refractivity contribution in [3.63, 3.8) is 0 Å². The molecule has 1 N–H and O–H groups in total. The molecule has 14 heavy (non-hydrogen) atoms. The summed E-state index contributed by atoms with van der Waals surface area (Å²) >= 11 is 0. The number of sulfone groups is 1. The first-order chi connectivity index (χ1) is 6.08. The summed E-state index contributed by atoms with van der Waals surface area (Å²) in [6.45, 7) is 3.28. The summed E-state index contributed by atoms with van der Waals surface area (Å²) in [6.07, 6.45) is 1.16. The van der Waals surface area contributed by atoms with Crippen LogP contribution < -0.4 is 5.32 Å². The zero-order chi connectivity index (χ0) is 11.6. The molecule has 0 aromatic heterocycles. The Morgan fingerprint density at radius 3 is 2.07 bits per heavy atom. The Bertz CT molecular complexity index is 307. The lowest BCUT2D eigenvalue weighted by molar-refractivity contribution is 0.216. The Morgan fingerprint density at radius 1 is 1.36 bits per heavy atom. The summed E-state index contributed by atoms with van der Waals surface area (Å²) in [6, 6.07) is -0.290. The molecule has 6 heteroatoms. The smallest absolute Gasteiger partial charge is 0.316 e. The van der Waals surface area contributed by atoms with Gasteiger partial charge in [0, 0.05) is 26.9 Å². The van der Waals surface area contributed by atoms with Crippen molar-refractivity contribution in [1.29, 1.82) is 0 Å². The monoisotopic (exact) mass is 222 g/mol. The van der Waals surface area contributed by atoms with E-state index in [1.165, 1.54) is 4.90 Å². The normalized spacial score (nSPS) is 12.4. The molecule has 84 valence electrons. The van der Waals surface area contributed by atoms with Crippen molar-refractivity contribution < 1.29 is 13.2 Å². The summed E-state index contributed by atoms with van der Waals surface area (Å²) in [5.74, 6) is 0. The van der Waals surface area contributed by atoms with E-state index in [4.69, 9.17) is 0 Å². The van der Waals surface area contributed by atoms with E-state index in [0.29, 0.717) is 0 Å². The second-order valence-electron chi connectivity index (χ2n) is 4.08. The van der Waals surface area contributed by atoms with Gasteiger partial charge in [-0.25, -0.2) is 13.2 Å². The van der Waals surface area contributed by atoms with Crippen molar-refractivity contribution in [3.8, 4) is 0 Å². The fourth-order valence-electron chi connectivity index (χ4n) is 0.578. The van der Waals surface area contributed by atoms with Crippen molar-refractivity contribution >= 4 is 15.9 Å². The van der Waals surface area contributed by atoms with E-state index < -0.39 is 14.6 Å². The van der Waals surface area contributed by atoms with Crippen LogP contribution in [0.15, 0.2) is 0 Å². The molecule has 0 saturated heterocycles. The molecule has 2 amide bonds. The molecule has 5 nitrogen and oxygen atoms in total. The Hall–Kier alpha value is -0.780. The number of nitrogens with one attached hydrogen (secondary N) is 1. The average molecular weight is 222 g/mol. The second kappa shape index (κ2) is 4.16. The van der Waals surface area contributed by atoms with Gasteiger partial charge in [-0.2, -0.15) is 0 Å². The Labute approximate surface area is 85.4 Å². The lowest BCUT2D eigenvalue weighted by Crippen LogP contribution is -2.46. The highest BCUT2D eigenvalue weighted by atomic mass is 32.2. The molecular formula is C8H18N2O3S. The van der Waals surface area contributed by atoms with Crippen LogP contribution in [0.3, 0.4) is 0 Å². The Balaban J connectivity index is 4.35. The van der Waals surface area contributed by atoms with Crippen LogP contribution in [-0.4, -0.2) is 51.0 Å². The van der Waals surface area contributed by atoms with Crippen LogP contribution in [0.25, 0.3) is 0 Å². The molecule has 0 aliphatic heterocycles. The number of carbonyl (C=O) groups is 1. The van der Waals surface area contributed by atoms with Crippen molar-refractivity contribution in [2.45, 2.75) is 18.6 Å². The number of rotatable bonds is 3. The van der Waals surface area contributed by atoms with Crippen LogP contribution in [-0.2, 0) is 9.84 Å². The quantitative estimate of drug-likeness (QED) is 0.735. The molecule has 0 atom stereocenters. The minimum atomic E-state index is -3.16. The molecule has 0 unspecified atom stereocenters. The van der Waals surface area contributed by atoms with E-state index in [9.17, 15) is 13.2 Å².